The summed E-state index contributed by atoms with van der Waals surface area (Å²) in [5.74, 6) is -0.877. The molecule has 0 radical (unpaired) electrons. The first-order valence-corrected chi connectivity index (χ1v) is 4.83. The van der Waals surface area contributed by atoms with Gasteiger partial charge in [-0.1, -0.05) is 0 Å². The minimum Gasteiger partial charge on any atom is -0.479 e. The molecule has 0 saturated heterocycles. The van der Waals surface area contributed by atoms with Crippen molar-refractivity contribution < 1.29 is 18.7 Å². The van der Waals surface area contributed by atoms with Crippen molar-refractivity contribution in [3.8, 4) is 5.75 Å². The highest BCUT2D eigenvalue weighted by Gasteiger charge is 2.30. The van der Waals surface area contributed by atoms with E-state index >= 15 is 0 Å². The van der Waals surface area contributed by atoms with E-state index in [-0.39, 0.29) is 29.4 Å². The molecule has 1 aliphatic rings. The summed E-state index contributed by atoms with van der Waals surface area (Å²) in [4.78, 5) is 23.0. The van der Waals surface area contributed by atoms with E-state index in [1.165, 1.54) is 19.2 Å². The maximum absolute atomic E-state index is 12.9. The Balaban J connectivity index is 2.33. The molecule has 1 amide bonds. The van der Waals surface area contributed by atoms with Crippen LogP contribution in [-0.4, -0.2) is 24.8 Å². The number of nitrogens with one attached hydrogen (secondary N) is 1. The van der Waals surface area contributed by atoms with Gasteiger partial charge in [0.1, 0.15) is 11.6 Å². The van der Waals surface area contributed by atoms with E-state index < -0.39 is 11.9 Å². The van der Waals surface area contributed by atoms with Crippen LogP contribution in [0.15, 0.2) is 18.2 Å². The van der Waals surface area contributed by atoms with Crippen LogP contribution in [-0.2, 0) is 4.79 Å². The number of Topliss-reactive ketones (excluding diaryl/α,β-unsaturated/α-hetero) is 1. The monoisotopic (exact) mass is 223 g/mol. The molecule has 0 unspecified atom stereocenters. The molecule has 1 aromatic rings. The highest BCUT2D eigenvalue weighted by molar-refractivity contribution is 6.03. The topological polar surface area (TPSA) is 55.4 Å². The molecule has 0 aliphatic carbocycles. The number of hydrogen-bond acceptors (Lipinski definition) is 3. The third-order valence-corrected chi connectivity index (χ3v) is 2.42. The number of amides is 1. The Morgan fingerprint density at radius 2 is 2.31 bits per heavy atom. The zero-order chi connectivity index (χ0) is 11.7. The van der Waals surface area contributed by atoms with Crippen molar-refractivity contribution in [2.24, 2.45) is 0 Å². The van der Waals surface area contributed by atoms with Gasteiger partial charge in [0.2, 0.25) is 0 Å². The van der Waals surface area contributed by atoms with Crippen LogP contribution in [0.1, 0.15) is 16.8 Å². The van der Waals surface area contributed by atoms with Gasteiger partial charge in [0.15, 0.2) is 11.9 Å². The Kier molecular flexibility index (Phi) is 2.60. The number of halogens is 1. The Hall–Kier alpha value is -1.91. The van der Waals surface area contributed by atoms with Crippen molar-refractivity contribution in [1.82, 2.24) is 5.32 Å². The largest absolute Gasteiger partial charge is 0.479 e. The Bertz CT molecular complexity index is 459. The standard InChI is InChI=1S/C11H10FNO3/c1-13-11(15)10-5-8(14)7-4-6(12)2-3-9(7)16-10/h2-4,10H,5H2,1H3,(H,13,15)/t10-/m0/s1. The quantitative estimate of drug-likeness (QED) is 0.769. The smallest absolute Gasteiger partial charge is 0.261 e. The van der Waals surface area contributed by atoms with Gasteiger partial charge in [0.25, 0.3) is 5.91 Å². The fourth-order valence-electron chi connectivity index (χ4n) is 1.60. The number of likely N-dealkylation sites (N-methyl/N-ethyl adjacent to an activating group) is 1. The number of ketones is 1. The second-order valence-electron chi connectivity index (χ2n) is 3.49. The molecule has 1 heterocycles. The molecule has 0 bridgehead atoms. The van der Waals surface area contributed by atoms with E-state index in [1.807, 2.05) is 0 Å². The third kappa shape index (κ3) is 1.76. The maximum Gasteiger partial charge on any atom is 0.261 e. The summed E-state index contributed by atoms with van der Waals surface area (Å²) in [6.07, 6.45) is -0.883. The molecule has 4 nitrogen and oxygen atoms in total. The van der Waals surface area contributed by atoms with Gasteiger partial charge in [-0.15, -0.1) is 0 Å². The molecule has 0 fully saturated rings. The lowest BCUT2D eigenvalue weighted by molar-refractivity contribution is -0.127. The van der Waals surface area contributed by atoms with Crippen LogP contribution in [0.4, 0.5) is 4.39 Å². The Labute approximate surface area is 91.4 Å². The summed E-state index contributed by atoms with van der Waals surface area (Å²) in [7, 11) is 1.47. The van der Waals surface area contributed by atoms with Crippen LogP contribution in [0.25, 0.3) is 0 Å². The summed E-state index contributed by atoms with van der Waals surface area (Å²) in [5.41, 5.74) is 0.195. The summed E-state index contributed by atoms with van der Waals surface area (Å²) in [5, 5.41) is 2.41. The fraction of sp³-hybridized carbons (Fsp3) is 0.273. The van der Waals surface area contributed by atoms with Crippen LogP contribution in [0, 0.1) is 5.82 Å². The summed E-state index contributed by atoms with van der Waals surface area (Å²) < 4.78 is 18.2. The minimum absolute atomic E-state index is 0.0594. The van der Waals surface area contributed by atoms with Crippen molar-refractivity contribution in [1.29, 1.82) is 0 Å². The predicted octanol–water partition coefficient (Wildman–Crippen LogP) is 0.905. The van der Waals surface area contributed by atoms with Gasteiger partial charge >= 0.3 is 0 Å². The average molecular weight is 223 g/mol. The van der Waals surface area contributed by atoms with Crippen molar-refractivity contribution >= 4 is 11.7 Å². The van der Waals surface area contributed by atoms with Gasteiger partial charge in [-0.25, -0.2) is 4.39 Å². The lowest BCUT2D eigenvalue weighted by Gasteiger charge is -2.23. The average Bonchev–Trinajstić information content (AvgIpc) is 2.28. The molecule has 5 heteroatoms. The van der Waals surface area contributed by atoms with E-state index in [0.29, 0.717) is 0 Å². The number of fused-ring (bicyclic) bond motifs is 1. The zero-order valence-corrected chi connectivity index (χ0v) is 8.62. The predicted molar refractivity (Wildman–Crippen MR) is 53.8 cm³/mol. The molecule has 1 atom stereocenters. The molecule has 1 N–H and O–H groups in total. The fourth-order valence-corrected chi connectivity index (χ4v) is 1.60. The molecule has 2 rings (SSSR count). The molecule has 1 aliphatic heterocycles. The minimum atomic E-state index is -0.824. The zero-order valence-electron chi connectivity index (χ0n) is 8.62. The van der Waals surface area contributed by atoms with Gasteiger partial charge in [-0.05, 0) is 18.2 Å². The summed E-state index contributed by atoms with van der Waals surface area (Å²) in [6.45, 7) is 0. The molecular weight excluding hydrogens is 213 g/mol. The molecular formula is C11H10FNO3. The second-order valence-corrected chi connectivity index (χ2v) is 3.49. The van der Waals surface area contributed by atoms with Crippen molar-refractivity contribution in [3.63, 3.8) is 0 Å². The third-order valence-electron chi connectivity index (χ3n) is 2.42. The summed E-state index contributed by atoms with van der Waals surface area (Å²) in [6, 6.07) is 3.67. The molecule has 0 saturated carbocycles. The van der Waals surface area contributed by atoms with Gasteiger partial charge in [-0.2, -0.15) is 0 Å². The lowest BCUT2D eigenvalue weighted by atomic mass is 10.0. The van der Waals surface area contributed by atoms with Gasteiger partial charge in [0.05, 0.1) is 12.0 Å². The number of rotatable bonds is 1. The summed E-state index contributed by atoms with van der Waals surface area (Å²) >= 11 is 0. The first kappa shape index (κ1) is 10.6. The maximum atomic E-state index is 12.9. The van der Waals surface area contributed by atoms with Crippen LogP contribution in [0.2, 0.25) is 0 Å². The number of benzene rings is 1. The van der Waals surface area contributed by atoms with Crippen LogP contribution in [0.5, 0.6) is 5.75 Å². The van der Waals surface area contributed by atoms with Crippen molar-refractivity contribution in [3.05, 3.63) is 29.6 Å². The Morgan fingerprint density at radius 3 is 3.00 bits per heavy atom. The number of ether oxygens (including phenoxy) is 1. The second kappa shape index (κ2) is 3.92. The van der Waals surface area contributed by atoms with E-state index in [2.05, 4.69) is 5.32 Å². The van der Waals surface area contributed by atoms with Crippen molar-refractivity contribution in [2.75, 3.05) is 7.05 Å². The number of hydrogen-bond donors (Lipinski definition) is 1. The van der Waals surface area contributed by atoms with E-state index in [4.69, 9.17) is 4.74 Å². The van der Waals surface area contributed by atoms with Crippen LogP contribution < -0.4 is 10.1 Å². The SMILES string of the molecule is CNC(=O)[C@@H]1CC(=O)c2cc(F)ccc2O1. The van der Waals surface area contributed by atoms with Crippen LogP contribution in [0.3, 0.4) is 0 Å². The lowest BCUT2D eigenvalue weighted by Crippen LogP contribution is -2.40. The van der Waals surface area contributed by atoms with Gasteiger partial charge in [-0.3, -0.25) is 9.59 Å². The van der Waals surface area contributed by atoms with E-state index in [1.54, 1.807) is 0 Å². The van der Waals surface area contributed by atoms with Gasteiger partial charge in [0, 0.05) is 7.05 Å². The first-order valence-electron chi connectivity index (χ1n) is 4.83. The molecule has 0 aromatic heterocycles. The number of carbonyl (C=O) groups excluding carboxylic acids is 2. The van der Waals surface area contributed by atoms with E-state index in [0.717, 1.165) is 6.07 Å². The van der Waals surface area contributed by atoms with Crippen molar-refractivity contribution in [2.45, 2.75) is 12.5 Å². The number of carbonyl (C=O) groups is 2. The highest BCUT2D eigenvalue weighted by atomic mass is 19.1. The van der Waals surface area contributed by atoms with E-state index in [9.17, 15) is 14.0 Å². The molecule has 1 aromatic carbocycles. The molecule has 16 heavy (non-hydrogen) atoms. The van der Waals surface area contributed by atoms with Gasteiger partial charge < -0.3 is 10.1 Å². The van der Waals surface area contributed by atoms with Crippen LogP contribution >= 0.6 is 0 Å². The molecule has 84 valence electrons. The molecule has 0 spiro atoms. The Morgan fingerprint density at radius 1 is 1.56 bits per heavy atom. The normalized spacial score (nSPS) is 18.6. The highest BCUT2D eigenvalue weighted by Crippen LogP contribution is 2.28. The first-order chi connectivity index (χ1) is 7.61.